The predicted octanol–water partition coefficient (Wildman–Crippen LogP) is 4.57. The Morgan fingerprint density at radius 3 is 2.22 bits per heavy atom. The molecule has 0 radical (unpaired) electrons. The first-order valence-electron chi connectivity index (χ1n) is 9.38. The summed E-state index contributed by atoms with van der Waals surface area (Å²) in [4.78, 5) is 20.8. The molecule has 1 aliphatic rings. The van der Waals surface area contributed by atoms with Crippen LogP contribution in [0.15, 0.2) is 35.1 Å². The van der Waals surface area contributed by atoms with Crippen molar-refractivity contribution in [2.45, 2.75) is 25.7 Å². The van der Waals surface area contributed by atoms with Crippen LogP contribution in [-0.2, 0) is 25.7 Å². The van der Waals surface area contributed by atoms with Crippen molar-refractivity contribution in [2.75, 3.05) is 6.54 Å². The Hall–Kier alpha value is -3.21. The quantitative estimate of drug-likeness (QED) is 0.463. The average Bonchev–Trinajstić information content (AvgIpc) is 2.75. The first-order chi connectivity index (χ1) is 15.0. The summed E-state index contributed by atoms with van der Waals surface area (Å²) in [6.07, 6.45) is -4.31. The molecule has 1 aromatic heterocycles. The molecule has 0 spiro atoms. The second-order valence-electron chi connectivity index (χ2n) is 7.32. The van der Waals surface area contributed by atoms with E-state index in [1.54, 1.807) is 0 Å². The minimum atomic E-state index is -4.50. The standard InChI is InChI=1S/C21H14F7N3O/c22-14-7-15(23)18(25)13(17(14)24)9-31-6-5-16-12(8-31)20(32)30-19(29-16)10-1-3-11(4-2-10)21(26,27)28/h1-4,7H,5-6,8-9H2,(H,29,30,32). The van der Waals surface area contributed by atoms with Crippen molar-refractivity contribution < 1.29 is 30.7 Å². The van der Waals surface area contributed by atoms with Gasteiger partial charge in [0.1, 0.15) is 5.82 Å². The lowest BCUT2D eigenvalue weighted by Gasteiger charge is -2.28. The summed E-state index contributed by atoms with van der Waals surface area (Å²) < 4.78 is 93.0. The van der Waals surface area contributed by atoms with Crippen molar-refractivity contribution in [1.82, 2.24) is 14.9 Å². The van der Waals surface area contributed by atoms with Gasteiger partial charge < -0.3 is 4.98 Å². The molecule has 0 saturated heterocycles. The van der Waals surface area contributed by atoms with Gasteiger partial charge in [-0.15, -0.1) is 0 Å². The fourth-order valence-electron chi connectivity index (χ4n) is 3.55. The lowest BCUT2D eigenvalue weighted by atomic mass is 10.0. The van der Waals surface area contributed by atoms with Gasteiger partial charge in [0.05, 0.1) is 16.8 Å². The number of hydrogen-bond acceptors (Lipinski definition) is 3. The summed E-state index contributed by atoms with van der Waals surface area (Å²) in [5, 5.41) is 0. The summed E-state index contributed by atoms with van der Waals surface area (Å²) in [6, 6.07) is 4.24. The second kappa shape index (κ2) is 8.05. The summed E-state index contributed by atoms with van der Waals surface area (Å²) in [5.74, 6) is -5.95. The normalized spacial score (nSPS) is 14.5. The summed E-state index contributed by atoms with van der Waals surface area (Å²) >= 11 is 0. The SMILES string of the molecule is O=c1[nH]c(-c2ccc(C(F)(F)F)cc2)nc2c1CN(Cc1c(F)c(F)cc(F)c1F)CC2. The van der Waals surface area contributed by atoms with Crippen LogP contribution in [0.3, 0.4) is 0 Å². The summed E-state index contributed by atoms with van der Waals surface area (Å²) in [5.41, 5.74) is -1.33. The molecule has 4 nitrogen and oxygen atoms in total. The average molecular weight is 457 g/mol. The molecule has 0 atom stereocenters. The number of halogens is 7. The second-order valence-corrected chi connectivity index (χ2v) is 7.32. The number of aromatic amines is 1. The molecule has 0 unspecified atom stereocenters. The molecule has 2 heterocycles. The van der Waals surface area contributed by atoms with Crippen molar-refractivity contribution in [3.05, 3.63) is 86.3 Å². The number of fused-ring (bicyclic) bond motifs is 1. The Bertz CT molecular complexity index is 1210. The van der Waals surface area contributed by atoms with Crippen molar-refractivity contribution in [3.63, 3.8) is 0 Å². The third kappa shape index (κ3) is 4.12. The zero-order valence-corrected chi connectivity index (χ0v) is 16.2. The molecule has 11 heteroatoms. The number of aromatic nitrogens is 2. The van der Waals surface area contributed by atoms with Crippen molar-refractivity contribution in [2.24, 2.45) is 0 Å². The molecule has 0 fully saturated rings. The van der Waals surface area contributed by atoms with Gasteiger partial charge >= 0.3 is 6.18 Å². The van der Waals surface area contributed by atoms with Gasteiger partial charge in [-0.25, -0.2) is 22.5 Å². The van der Waals surface area contributed by atoms with Crippen LogP contribution in [-0.4, -0.2) is 21.4 Å². The molecule has 2 aromatic carbocycles. The van der Waals surface area contributed by atoms with E-state index >= 15 is 0 Å². The smallest absolute Gasteiger partial charge is 0.306 e. The molecule has 1 N–H and O–H groups in total. The van der Waals surface area contributed by atoms with E-state index in [-0.39, 0.29) is 42.5 Å². The number of rotatable bonds is 3. The van der Waals surface area contributed by atoms with Gasteiger partial charge in [0.15, 0.2) is 23.3 Å². The Balaban J connectivity index is 1.59. The van der Waals surface area contributed by atoms with Gasteiger partial charge in [0.2, 0.25) is 0 Å². The Morgan fingerprint density at radius 1 is 1.00 bits per heavy atom. The monoisotopic (exact) mass is 457 g/mol. The fraction of sp³-hybridized carbons (Fsp3) is 0.238. The topological polar surface area (TPSA) is 49.0 Å². The molecule has 3 aromatic rings. The molecule has 32 heavy (non-hydrogen) atoms. The molecule has 0 amide bonds. The number of hydrogen-bond donors (Lipinski definition) is 1. The van der Waals surface area contributed by atoms with E-state index in [4.69, 9.17) is 0 Å². The highest BCUT2D eigenvalue weighted by Gasteiger charge is 2.30. The van der Waals surface area contributed by atoms with E-state index in [1.807, 2.05) is 0 Å². The first-order valence-corrected chi connectivity index (χ1v) is 9.38. The largest absolute Gasteiger partial charge is 0.416 e. The van der Waals surface area contributed by atoms with Crippen molar-refractivity contribution in [3.8, 4) is 11.4 Å². The lowest BCUT2D eigenvalue weighted by molar-refractivity contribution is -0.137. The third-order valence-electron chi connectivity index (χ3n) is 5.22. The minimum Gasteiger partial charge on any atom is -0.306 e. The molecular formula is C21H14F7N3O. The molecule has 0 bridgehead atoms. The fourth-order valence-corrected chi connectivity index (χ4v) is 3.55. The van der Waals surface area contributed by atoms with Gasteiger partial charge in [0, 0.05) is 43.2 Å². The molecule has 0 saturated carbocycles. The van der Waals surface area contributed by atoms with E-state index in [0.29, 0.717) is 5.69 Å². The van der Waals surface area contributed by atoms with E-state index in [9.17, 15) is 35.5 Å². The third-order valence-corrected chi connectivity index (χ3v) is 5.22. The van der Waals surface area contributed by atoms with Crippen LogP contribution >= 0.6 is 0 Å². The van der Waals surface area contributed by atoms with Crippen molar-refractivity contribution >= 4 is 0 Å². The lowest BCUT2D eigenvalue weighted by Crippen LogP contribution is -2.36. The molecule has 0 aliphatic carbocycles. The van der Waals surface area contributed by atoms with Crippen LogP contribution in [0.4, 0.5) is 30.7 Å². The minimum absolute atomic E-state index is 0.0814. The molecule has 4 rings (SSSR count). The van der Waals surface area contributed by atoms with E-state index in [0.717, 1.165) is 12.1 Å². The molecular weight excluding hydrogens is 443 g/mol. The van der Waals surface area contributed by atoms with Gasteiger partial charge in [-0.05, 0) is 12.1 Å². The maximum Gasteiger partial charge on any atom is 0.416 e. The highest BCUT2D eigenvalue weighted by Crippen LogP contribution is 2.30. The number of benzene rings is 2. The summed E-state index contributed by atoms with van der Waals surface area (Å²) in [6.45, 7) is -0.360. The highest BCUT2D eigenvalue weighted by atomic mass is 19.4. The highest BCUT2D eigenvalue weighted by molar-refractivity contribution is 5.56. The van der Waals surface area contributed by atoms with Gasteiger partial charge in [-0.3, -0.25) is 9.69 Å². The van der Waals surface area contributed by atoms with E-state index < -0.39 is 52.7 Å². The zero-order chi connectivity index (χ0) is 23.2. The van der Waals surface area contributed by atoms with Crippen LogP contribution < -0.4 is 5.56 Å². The van der Waals surface area contributed by atoms with Gasteiger partial charge in [-0.2, -0.15) is 13.2 Å². The van der Waals surface area contributed by atoms with Crippen LogP contribution in [0.25, 0.3) is 11.4 Å². The number of nitrogens with one attached hydrogen (secondary N) is 1. The van der Waals surface area contributed by atoms with E-state index in [1.165, 1.54) is 17.0 Å². The zero-order valence-electron chi connectivity index (χ0n) is 16.2. The van der Waals surface area contributed by atoms with Gasteiger partial charge in [-0.1, -0.05) is 12.1 Å². The first kappa shape index (κ1) is 22.0. The van der Waals surface area contributed by atoms with E-state index in [2.05, 4.69) is 9.97 Å². The molecule has 1 aliphatic heterocycles. The maximum atomic E-state index is 14.0. The predicted molar refractivity (Wildman–Crippen MR) is 99.4 cm³/mol. The van der Waals surface area contributed by atoms with Gasteiger partial charge in [0.25, 0.3) is 5.56 Å². The van der Waals surface area contributed by atoms with Crippen LogP contribution in [0.1, 0.15) is 22.4 Å². The number of alkyl halides is 3. The van der Waals surface area contributed by atoms with Crippen LogP contribution in [0, 0.1) is 23.3 Å². The summed E-state index contributed by atoms with van der Waals surface area (Å²) in [7, 11) is 0. The number of H-pyrrole nitrogens is 1. The van der Waals surface area contributed by atoms with Crippen LogP contribution in [0.5, 0.6) is 0 Å². The Kier molecular flexibility index (Phi) is 5.53. The maximum absolute atomic E-state index is 14.0. The molecule has 168 valence electrons. The van der Waals surface area contributed by atoms with Crippen molar-refractivity contribution in [1.29, 1.82) is 0 Å². The number of nitrogens with zero attached hydrogens (tertiary/aromatic N) is 2. The van der Waals surface area contributed by atoms with Crippen LogP contribution in [0.2, 0.25) is 0 Å². The Morgan fingerprint density at radius 2 is 1.62 bits per heavy atom. The Labute approximate surface area is 176 Å².